The first kappa shape index (κ1) is 13.8. The van der Waals surface area contributed by atoms with Gasteiger partial charge in [0.1, 0.15) is 0 Å². The molecule has 0 spiro atoms. The molecular formula is C11H13NaO3S. The molecule has 0 atom stereocenters. The summed E-state index contributed by atoms with van der Waals surface area (Å²) in [4.78, 5) is 23.0. The molecule has 0 aromatic heterocycles. The number of carbonyl (C=O) groups excluding carboxylic acids is 2. The van der Waals surface area contributed by atoms with Gasteiger partial charge in [-0.05, 0) is 10.8 Å². The van der Waals surface area contributed by atoms with Crippen molar-refractivity contribution < 1.29 is 14.7 Å². The second-order valence-electron chi connectivity index (χ2n) is 3.58. The maximum absolute atomic E-state index is 11.5. The fourth-order valence-corrected chi connectivity index (χ4v) is 3.76. The number of aliphatic hydroxyl groups excluding tert-OH is 1. The molecule has 82 valence electrons. The summed E-state index contributed by atoms with van der Waals surface area (Å²) in [6.45, 7) is 0. The van der Waals surface area contributed by atoms with Crippen LogP contribution in [0.5, 0.6) is 0 Å². The van der Waals surface area contributed by atoms with Gasteiger partial charge in [0.15, 0.2) is 11.6 Å². The van der Waals surface area contributed by atoms with Crippen molar-refractivity contribution in [3.63, 3.8) is 0 Å². The van der Waals surface area contributed by atoms with Crippen molar-refractivity contribution in [2.45, 2.75) is 18.1 Å². The van der Waals surface area contributed by atoms with Crippen LogP contribution in [0.4, 0.5) is 0 Å². The molecular weight excluding hydrogens is 235 g/mol. The van der Waals surface area contributed by atoms with Crippen LogP contribution in [0.15, 0.2) is 34.8 Å². The van der Waals surface area contributed by atoms with E-state index in [0.29, 0.717) is 19.1 Å². The molecule has 0 radical (unpaired) electrons. The number of carbonyl (C=O) groups is 2. The van der Waals surface area contributed by atoms with E-state index in [1.54, 1.807) is 0 Å². The molecule has 0 bridgehead atoms. The minimum atomic E-state index is -0.452. The number of hydrogen-bond donors (Lipinski definition) is 2. The first-order chi connectivity index (χ1) is 7.22. The van der Waals surface area contributed by atoms with Crippen LogP contribution in [0.3, 0.4) is 0 Å². The molecule has 0 amide bonds. The zero-order valence-electron chi connectivity index (χ0n) is 8.09. The summed E-state index contributed by atoms with van der Waals surface area (Å²) >= 11 is 0. The van der Waals surface area contributed by atoms with Crippen molar-refractivity contribution in [2.75, 3.05) is 0 Å². The van der Waals surface area contributed by atoms with Gasteiger partial charge in [-0.1, -0.05) is 12.2 Å². The van der Waals surface area contributed by atoms with Gasteiger partial charge in [-0.25, -0.2) is 10.9 Å². The van der Waals surface area contributed by atoms with Gasteiger partial charge in [-0.2, -0.15) is 0 Å². The molecule has 3 nitrogen and oxygen atoms in total. The summed E-state index contributed by atoms with van der Waals surface area (Å²) in [6, 6.07) is 0. The first-order valence-corrected chi connectivity index (χ1v) is 6.30. The van der Waals surface area contributed by atoms with Crippen LogP contribution in [0.2, 0.25) is 0 Å². The van der Waals surface area contributed by atoms with E-state index in [9.17, 15) is 9.59 Å². The molecule has 1 aliphatic carbocycles. The molecule has 0 aromatic carbocycles. The monoisotopic (exact) mass is 248 g/mol. The van der Waals surface area contributed by atoms with Crippen LogP contribution in [-0.2, 0) is 9.59 Å². The number of hydrogen-bond acceptors (Lipinski definition) is 3. The van der Waals surface area contributed by atoms with Crippen molar-refractivity contribution >= 4 is 52.0 Å². The van der Waals surface area contributed by atoms with E-state index in [2.05, 4.69) is 10.8 Å². The van der Waals surface area contributed by atoms with Gasteiger partial charge in [0.2, 0.25) is 0 Å². The number of rotatable bonds is 1. The van der Waals surface area contributed by atoms with Crippen molar-refractivity contribution in [2.24, 2.45) is 0 Å². The molecule has 16 heavy (non-hydrogen) atoms. The average Bonchev–Trinajstić information content (AvgIpc) is 2.69. The fraction of sp³-hybridized carbons (Fsp3) is 0.273. The topological polar surface area (TPSA) is 54.4 Å². The zero-order chi connectivity index (χ0) is 10.8. The Hall–Kier alpha value is -0.290. The van der Waals surface area contributed by atoms with Crippen LogP contribution in [-0.4, -0.2) is 51.5 Å². The predicted molar refractivity (Wildman–Crippen MR) is 68.2 cm³/mol. The molecule has 2 rings (SSSR count). The van der Waals surface area contributed by atoms with E-state index >= 15 is 0 Å². The maximum atomic E-state index is 11.5. The third kappa shape index (κ3) is 2.69. The van der Waals surface area contributed by atoms with Gasteiger partial charge < -0.3 is 5.11 Å². The summed E-state index contributed by atoms with van der Waals surface area (Å²) in [6.07, 6.45) is 5.31. The van der Waals surface area contributed by atoms with Crippen LogP contribution >= 0.6 is 10.9 Å². The van der Waals surface area contributed by atoms with Crippen molar-refractivity contribution in [1.82, 2.24) is 0 Å². The summed E-state index contributed by atoms with van der Waals surface area (Å²) in [5.41, 5.74) is -0.0339. The van der Waals surface area contributed by atoms with Crippen molar-refractivity contribution in [3.05, 3.63) is 34.8 Å². The van der Waals surface area contributed by atoms with Gasteiger partial charge >= 0.3 is 29.6 Å². The average molecular weight is 248 g/mol. The standard InChI is InChI=1S/C11H12O3S.Na.H/c12-7-9-10(13)5-8(6-11(9)14)15-3-1-2-4-15;;/h1-4,7-8,12,15H,5-6H2;;. The van der Waals surface area contributed by atoms with Crippen LogP contribution in [0, 0.1) is 0 Å². The second-order valence-corrected chi connectivity index (χ2v) is 5.80. The number of thiol groups is 1. The van der Waals surface area contributed by atoms with E-state index in [-0.39, 0.29) is 51.9 Å². The molecule has 1 aliphatic heterocycles. The quantitative estimate of drug-likeness (QED) is 0.240. The molecule has 2 aliphatic rings. The SMILES string of the molecule is O=C1CC([SH]2C=CC=C2)CC(=O)C1=CO.[NaH]. The Bertz CT molecular complexity index is 366. The Labute approximate surface area is 119 Å². The minimum absolute atomic E-state index is 0. The zero-order valence-corrected chi connectivity index (χ0v) is 8.98. The summed E-state index contributed by atoms with van der Waals surface area (Å²) < 4.78 is 0. The number of allylic oxidation sites excluding steroid dienone is 3. The molecule has 1 heterocycles. The third-order valence-corrected chi connectivity index (χ3v) is 4.86. The van der Waals surface area contributed by atoms with E-state index in [1.807, 2.05) is 12.2 Å². The van der Waals surface area contributed by atoms with Gasteiger partial charge in [0.25, 0.3) is 0 Å². The van der Waals surface area contributed by atoms with Crippen LogP contribution in [0.1, 0.15) is 12.8 Å². The summed E-state index contributed by atoms with van der Waals surface area (Å²) in [5.74, 6) is -0.454. The Morgan fingerprint density at radius 2 is 1.69 bits per heavy atom. The fourth-order valence-electron chi connectivity index (χ4n) is 1.82. The molecule has 0 saturated heterocycles. The summed E-state index contributed by atoms with van der Waals surface area (Å²) in [5, 5.41) is 13.0. The van der Waals surface area contributed by atoms with E-state index in [1.165, 1.54) is 0 Å². The van der Waals surface area contributed by atoms with E-state index in [4.69, 9.17) is 5.11 Å². The number of Topliss-reactive ketones (excluding diaryl/α,β-unsaturated/α-hetero) is 2. The molecule has 1 fully saturated rings. The molecule has 1 saturated carbocycles. The Morgan fingerprint density at radius 3 is 2.12 bits per heavy atom. The van der Waals surface area contributed by atoms with Crippen molar-refractivity contribution in [1.29, 1.82) is 0 Å². The van der Waals surface area contributed by atoms with E-state index in [0.717, 1.165) is 0 Å². The molecule has 5 heteroatoms. The van der Waals surface area contributed by atoms with Crippen LogP contribution in [0.25, 0.3) is 0 Å². The normalized spacial score (nSPS) is 25.9. The third-order valence-electron chi connectivity index (χ3n) is 2.62. The van der Waals surface area contributed by atoms with E-state index < -0.39 is 10.9 Å². The van der Waals surface area contributed by atoms with Gasteiger partial charge in [-0.15, -0.1) is 0 Å². The number of ketones is 2. The molecule has 0 aromatic rings. The Balaban J connectivity index is 0.00000128. The Morgan fingerprint density at radius 1 is 1.19 bits per heavy atom. The van der Waals surface area contributed by atoms with Gasteiger partial charge in [0.05, 0.1) is 11.8 Å². The number of aliphatic hydroxyl groups is 1. The van der Waals surface area contributed by atoms with Crippen molar-refractivity contribution in [3.8, 4) is 0 Å². The van der Waals surface area contributed by atoms with Gasteiger partial charge in [-0.3, -0.25) is 9.59 Å². The Kier molecular flexibility index (Phi) is 5.05. The molecule has 0 unspecified atom stereocenters. The predicted octanol–water partition coefficient (Wildman–Crippen LogP) is 1.12. The van der Waals surface area contributed by atoms with Gasteiger partial charge in [0, 0.05) is 18.1 Å². The molecule has 1 N–H and O–H groups in total. The van der Waals surface area contributed by atoms with Crippen LogP contribution < -0.4 is 0 Å². The first-order valence-electron chi connectivity index (χ1n) is 4.75. The summed E-state index contributed by atoms with van der Waals surface area (Å²) in [7, 11) is -0.452. The second kappa shape index (κ2) is 5.87.